The zero-order chi connectivity index (χ0) is 26.1. The molecule has 4 heterocycles. The summed E-state index contributed by atoms with van der Waals surface area (Å²) in [7, 11) is 0. The molecule has 1 fully saturated rings. The van der Waals surface area contributed by atoms with Crippen LogP contribution in [0.4, 0.5) is 5.82 Å². The molecule has 0 spiro atoms. The van der Waals surface area contributed by atoms with Crippen molar-refractivity contribution < 1.29 is 4.74 Å². The van der Waals surface area contributed by atoms with Gasteiger partial charge in [0, 0.05) is 37.5 Å². The highest BCUT2D eigenvalue weighted by molar-refractivity contribution is 7.99. The number of thiophene rings is 1. The van der Waals surface area contributed by atoms with E-state index in [-0.39, 0.29) is 11.6 Å². The highest BCUT2D eigenvalue weighted by atomic mass is 32.2. The van der Waals surface area contributed by atoms with Crippen molar-refractivity contribution in [3.63, 3.8) is 0 Å². The molecule has 198 valence electrons. The molecule has 0 saturated carbocycles. The van der Waals surface area contributed by atoms with Crippen molar-refractivity contribution in [1.29, 1.82) is 0 Å². The van der Waals surface area contributed by atoms with Crippen LogP contribution in [0.3, 0.4) is 0 Å². The fourth-order valence-corrected chi connectivity index (χ4v) is 7.48. The van der Waals surface area contributed by atoms with Crippen molar-refractivity contribution in [2.75, 3.05) is 36.8 Å². The summed E-state index contributed by atoms with van der Waals surface area (Å²) in [6, 6.07) is 22.1. The van der Waals surface area contributed by atoms with Crippen LogP contribution in [0.1, 0.15) is 54.8 Å². The maximum Gasteiger partial charge on any atom is 0.190 e. The van der Waals surface area contributed by atoms with Gasteiger partial charge < -0.3 is 9.64 Å². The van der Waals surface area contributed by atoms with E-state index in [2.05, 4.69) is 91.2 Å². The molecule has 38 heavy (non-hydrogen) atoms. The van der Waals surface area contributed by atoms with E-state index in [1.807, 2.05) is 0 Å². The van der Waals surface area contributed by atoms with E-state index in [0.29, 0.717) is 6.61 Å². The van der Waals surface area contributed by atoms with E-state index < -0.39 is 0 Å². The van der Waals surface area contributed by atoms with E-state index in [9.17, 15) is 0 Å². The average Bonchev–Trinajstić information content (AvgIpc) is 3.32. The summed E-state index contributed by atoms with van der Waals surface area (Å²) in [5, 5.41) is 2.16. The number of nitrogens with zero attached hydrogens (tertiary/aromatic N) is 4. The molecule has 2 aliphatic rings. The van der Waals surface area contributed by atoms with Crippen LogP contribution in [0.15, 0.2) is 65.8 Å². The van der Waals surface area contributed by atoms with Gasteiger partial charge in [0.25, 0.3) is 0 Å². The molecular weight excluding hydrogens is 509 g/mol. The van der Waals surface area contributed by atoms with Crippen molar-refractivity contribution in [2.45, 2.75) is 57.0 Å². The highest BCUT2D eigenvalue weighted by Gasteiger charge is 2.35. The Kier molecular flexibility index (Phi) is 7.45. The Hall–Kier alpha value is -2.45. The lowest BCUT2D eigenvalue weighted by molar-refractivity contribution is -0.0543. The van der Waals surface area contributed by atoms with Crippen LogP contribution in [0.2, 0.25) is 0 Å². The van der Waals surface area contributed by atoms with Gasteiger partial charge in [-0.3, -0.25) is 4.90 Å². The van der Waals surface area contributed by atoms with E-state index in [4.69, 9.17) is 14.7 Å². The Morgan fingerprint density at radius 1 is 0.947 bits per heavy atom. The van der Waals surface area contributed by atoms with Crippen LogP contribution in [0.5, 0.6) is 0 Å². The molecule has 2 aliphatic heterocycles. The lowest BCUT2D eigenvalue weighted by Gasteiger charge is -2.40. The van der Waals surface area contributed by atoms with Gasteiger partial charge >= 0.3 is 0 Å². The highest BCUT2D eigenvalue weighted by Crippen LogP contribution is 2.43. The minimum absolute atomic E-state index is 0.119. The van der Waals surface area contributed by atoms with Gasteiger partial charge in [-0.15, -0.1) is 11.3 Å². The first-order valence-electron chi connectivity index (χ1n) is 13.8. The van der Waals surface area contributed by atoms with E-state index in [1.54, 1.807) is 23.1 Å². The van der Waals surface area contributed by atoms with Gasteiger partial charge in [0.2, 0.25) is 0 Å². The van der Waals surface area contributed by atoms with Crippen LogP contribution in [-0.2, 0) is 17.8 Å². The molecule has 1 atom stereocenters. The smallest absolute Gasteiger partial charge is 0.190 e. The zero-order valence-corrected chi connectivity index (χ0v) is 24.2. The lowest BCUT2D eigenvalue weighted by atomic mass is 9.90. The Bertz CT molecular complexity index is 1350. The predicted molar refractivity (Wildman–Crippen MR) is 160 cm³/mol. The fourth-order valence-electron chi connectivity index (χ4n) is 5.76. The number of thioether (sulfide) groups is 1. The number of benzene rings is 2. The first kappa shape index (κ1) is 25.8. The Morgan fingerprint density at radius 3 is 2.21 bits per heavy atom. The van der Waals surface area contributed by atoms with Crippen molar-refractivity contribution in [2.24, 2.45) is 0 Å². The SMILES string of the molecule is CCSc1nc(N2CCN(C(c3ccccc3)c3ccccc3)CC2)c2c3c(sc2n1)CO[C@](C)(CC)C3. The number of piperazine rings is 1. The summed E-state index contributed by atoms with van der Waals surface area (Å²) in [6.07, 6.45) is 1.93. The van der Waals surface area contributed by atoms with Gasteiger partial charge in [-0.2, -0.15) is 0 Å². The number of hydrogen-bond acceptors (Lipinski definition) is 7. The standard InChI is InChI=1S/C31H36N4OS2/c1-4-31(3)20-24-25(21-36-31)38-29-26(24)28(32-30(33-29)37-5-2)35-18-16-34(17-19-35)27(22-12-8-6-9-13-22)23-14-10-7-11-15-23/h6-15,27H,4-5,16-21H2,1-3H3/t31-/m1/s1. The van der Waals surface area contributed by atoms with Gasteiger partial charge in [0.05, 0.1) is 23.6 Å². The van der Waals surface area contributed by atoms with Gasteiger partial charge in [-0.1, -0.05) is 86.3 Å². The summed E-state index contributed by atoms with van der Waals surface area (Å²) < 4.78 is 6.29. The molecule has 5 nitrogen and oxygen atoms in total. The summed E-state index contributed by atoms with van der Waals surface area (Å²) in [6.45, 7) is 11.2. The van der Waals surface area contributed by atoms with Gasteiger partial charge in [0.1, 0.15) is 10.6 Å². The van der Waals surface area contributed by atoms with Crippen molar-refractivity contribution in [3.05, 3.63) is 82.2 Å². The van der Waals surface area contributed by atoms with E-state index >= 15 is 0 Å². The summed E-state index contributed by atoms with van der Waals surface area (Å²) >= 11 is 3.54. The first-order valence-corrected chi connectivity index (χ1v) is 15.6. The molecule has 0 N–H and O–H groups in total. The summed E-state index contributed by atoms with van der Waals surface area (Å²) in [4.78, 5) is 17.8. The Morgan fingerprint density at radius 2 is 1.61 bits per heavy atom. The predicted octanol–water partition coefficient (Wildman–Crippen LogP) is 6.96. The topological polar surface area (TPSA) is 41.5 Å². The van der Waals surface area contributed by atoms with Crippen LogP contribution in [0, 0.1) is 0 Å². The average molecular weight is 545 g/mol. The molecule has 7 heteroatoms. The molecule has 0 unspecified atom stereocenters. The number of hydrogen-bond donors (Lipinski definition) is 0. The van der Waals surface area contributed by atoms with Gasteiger partial charge in [-0.25, -0.2) is 9.97 Å². The first-order chi connectivity index (χ1) is 18.6. The normalized spacial score (nSPS) is 20.3. The molecule has 6 rings (SSSR count). The third kappa shape index (κ3) is 4.97. The number of ether oxygens (including phenoxy) is 1. The van der Waals surface area contributed by atoms with Crippen LogP contribution in [0.25, 0.3) is 10.2 Å². The number of anilines is 1. The molecule has 2 aromatic heterocycles. The summed E-state index contributed by atoms with van der Waals surface area (Å²) in [5.41, 5.74) is 4.00. The molecule has 0 amide bonds. The van der Waals surface area contributed by atoms with Crippen LogP contribution < -0.4 is 4.90 Å². The Labute approximate surface area is 234 Å². The third-order valence-electron chi connectivity index (χ3n) is 8.03. The second-order valence-corrected chi connectivity index (χ2v) is 12.8. The van der Waals surface area contributed by atoms with Gasteiger partial charge in [-0.05, 0) is 35.8 Å². The second kappa shape index (κ2) is 11.0. The van der Waals surface area contributed by atoms with E-state index in [0.717, 1.165) is 60.6 Å². The maximum atomic E-state index is 6.29. The van der Waals surface area contributed by atoms with Crippen LogP contribution >= 0.6 is 23.1 Å². The van der Waals surface area contributed by atoms with Crippen molar-refractivity contribution >= 4 is 39.1 Å². The Balaban J connectivity index is 1.33. The molecule has 0 bridgehead atoms. The second-order valence-electron chi connectivity index (χ2n) is 10.5. The fraction of sp³-hybridized carbons (Fsp3) is 0.419. The third-order valence-corrected chi connectivity index (χ3v) is 9.86. The van der Waals surface area contributed by atoms with Crippen LogP contribution in [-0.4, -0.2) is 52.4 Å². The van der Waals surface area contributed by atoms with Gasteiger partial charge in [0.15, 0.2) is 5.16 Å². The molecule has 2 aromatic carbocycles. The molecule has 4 aromatic rings. The number of aromatic nitrogens is 2. The minimum atomic E-state index is -0.119. The van der Waals surface area contributed by atoms with Crippen molar-refractivity contribution in [3.8, 4) is 0 Å². The maximum absolute atomic E-state index is 6.29. The summed E-state index contributed by atoms with van der Waals surface area (Å²) in [5.74, 6) is 2.09. The monoisotopic (exact) mass is 544 g/mol. The number of fused-ring (bicyclic) bond motifs is 3. The largest absolute Gasteiger partial charge is 0.369 e. The molecule has 0 aliphatic carbocycles. The van der Waals surface area contributed by atoms with E-state index in [1.165, 1.54) is 27.0 Å². The van der Waals surface area contributed by atoms with Crippen molar-refractivity contribution in [1.82, 2.24) is 14.9 Å². The molecular formula is C31H36N4OS2. The molecule has 1 saturated heterocycles. The lowest BCUT2D eigenvalue weighted by Crippen LogP contribution is -2.48. The quantitative estimate of drug-likeness (QED) is 0.185. The molecule has 0 radical (unpaired) electrons. The minimum Gasteiger partial charge on any atom is -0.369 e. The zero-order valence-electron chi connectivity index (χ0n) is 22.5. The number of rotatable bonds is 7.